The molecule has 0 aromatic rings. The van der Waals surface area contributed by atoms with Crippen molar-refractivity contribution in [3.8, 4) is 6.07 Å². The fraction of sp³-hybridized carbons (Fsp3) is 0.600. The Morgan fingerprint density at radius 3 is 3.00 bits per heavy atom. The molecule has 0 heterocycles. The maximum absolute atomic E-state index is 11.5. The molecule has 3 heteroatoms. The molecule has 1 N–H and O–H groups in total. The van der Waals surface area contributed by atoms with Gasteiger partial charge in [0, 0.05) is 6.42 Å². The first-order chi connectivity index (χ1) is 6.04. The van der Waals surface area contributed by atoms with Crippen molar-refractivity contribution in [3.05, 3.63) is 11.6 Å². The highest BCUT2D eigenvalue weighted by Gasteiger charge is 2.60. The van der Waals surface area contributed by atoms with Crippen LogP contribution in [0.5, 0.6) is 0 Å². The number of Topliss-reactive ketones (excluding diaryl/α,β-unsaturated/α-hetero) is 1. The molecule has 0 amide bonds. The van der Waals surface area contributed by atoms with E-state index in [1.165, 1.54) is 0 Å². The van der Waals surface area contributed by atoms with Gasteiger partial charge in [-0.25, -0.2) is 0 Å². The fourth-order valence-electron chi connectivity index (χ4n) is 2.40. The predicted molar refractivity (Wildman–Crippen MR) is 45.6 cm³/mol. The predicted octanol–water partition coefficient (Wildman–Crippen LogP) is 0.940. The summed E-state index contributed by atoms with van der Waals surface area (Å²) in [6.45, 7) is 1.75. The summed E-state index contributed by atoms with van der Waals surface area (Å²) >= 11 is 0. The van der Waals surface area contributed by atoms with Crippen molar-refractivity contribution in [1.29, 1.82) is 5.26 Å². The molecule has 0 aromatic heterocycles. The molecule has 0 unspecified atom stereocenters. The molecule has 1 fully saturated rings. The molecular formula is C10H11NO2. The third-order valence-corrected chi connectivity index (χ3v) is 3.52. The molecule has 3 nitrogen and oxygen atoms in total. The Hall–Kier alpha value is -1.14. The number of allylic oxidation sites excluding steroid dienone is 1. The van der Waals surface area contributed by atoms with E-state index in [0.29, 0.717) is 24.8 Å². The van der Waals surface area contributed by atoms with Crippen molar-refractivity contribution in [2.75, 3.05) is 0 Å². The number of nitriles is 1. The number of carbonyl (C=O) groups excluding carboxylic acids is 1. The zero-order chi connectivity index (χ0) is 9.69. The number of nitrogens with zero attached hydrogens (tertiary/aromatic N) is 1. The SMILES string of the molecule is C[C@]12CC=C(C#N)[C@@]1(O)CCC2=O. The lowest BCUT2D eigenvalue weighted by molar-refractivity contribution is -0.130. The van der Waals surface area contributed by atoms with Crippen molar-refractivity contribution < 1.29 is 9.90 Å². The van der Waals surface area contributed by atoms with Crippen LogP contribution in [-0.2, 0) is 4.79 Å². The summed E-state index contributed by atoms with van der Waals surface area (Å²) in [4.78, 5) is 11.5. The van der Waals surface area contributed by atoms with E-state index in [1.54, 1.807) is 13.0 Å². The number of hydrogen-bond donors (Lipinski definition) is 1. The molecule has 2 rings (SSSR count). The third-order valence-electron chi connectivity index (χ3n) is 3.52. The molecule has 68 valence electrons. The van der Waals surface area contributed by atoms with Crippen LogP contribution in [-0.4, -0.2) is 16.5 Å². The Morgan fingerprint density at radius 2 is 2.38 bits per heavy atom. The average molecular weight is 177 g/mol. The molecule has 0 spiro atoms. The molecule has 0 aliphatic heterocycles. The molecule has 0 saturated heterocycles. The Bertz CT molecular complexity index is 352. The lowest BCUT2D eigenvalue weighted by Crippen LogP contribution is -2.42. The summed E-state index contributed by atoms with van der Waals surface area (Å²) in [7, 11) is 0. The van der Waals surface area contributed by atoms with E-state index in [0.717, 1.165) is 0 Å². The molecule has 13 heavy (non-hydrogen) atoms. The van der Waals surface area contributed by atoms with Crippen LogP contribution in [0.15, 0.2) is 11.6 Å². The minimum atomic E-state index is -1.17. The topological polar surface area (TPSA) is 61.1 Å². The summed E-state index contributed by atoms with van der Waals surface area (Å²) in [6.07, 6.45) is 3.00. The number of ketones is 1. The summed E-state index contributed by atoms with van der Waals surface area (Å²) in [5.74, 6) is 0.0801. The second-order valence-electron chi connectivity index (χ2n) is 4.05. The smallest absolute Gasteiger partial charge is 0.142 e. The first kappa shape index (κ1) is 8.46. The van der Waals surface area contributed by atoms with Gasteiger partial charge in [-0.2, -0.15) is 5.26 Å². The monoisotopic (exact) mass is 177 g/mol. The van der Waals surface area contributed by atoms with E-state index in [-0.39, 0.29) is 5.78 Å². The van der Waals surface area contributed by atoms with Crippen LogP contribution >= 0.6 is 0 Å². The Labute approximate surface area is 76.7 Å². The van der Waals surface area contributed by atoms with Gasteiger partial charge in [-0.1, -0.05) is 6.08 Å². The van der Waals surface area contributed by atoms with E-state index in [2.05, 4.69) is 0 Å². The highest BCUT2D eigenvalue weighted by atomic mass is 16.3. The fourth-order valence-corrected chi connectivity index (χ4v) is 2.40. The van der Waals surface area contributed by atoms with Crippen molar-refractivity contribution >= 4 is 5.78 Å². The molecule has 0 radical (unpaired) electrons. The van der Waals surface area contributed by atoms with Gasteiger partial charge in [0.2, 0.25) is 0 Å². The maximum Gasteiger partial charge on any atom is 0.142 e. The van der Waals surface area contributed by atoms with Gasteiger partial charge in [-0.05, 0) is 19.8 Å². The highest BCUT2D eigenvalue weighted by Crippen LogP contribution is 2.54. The summed E-state index contributed by atoms with van der Waals surface area (Å²) < 4.78 is 0. The lowest BCUT2D eigenvalue weighted by atomic mass is 9.75. The van der Waals surface area contributed by atoms with Gasteiger partial charge < -0.3 is 5.11 Å². The van der Waals surface area contributed by atoms with Crippen LogP contribution in [0.25, 0.3) is 0 Å². The van der Waals surface area contributed by atoms with Gasteiger partial charge in [-0.15, -0.1) is 0 Å². The van der Waals surface area contributed by atoms with Gasteiger partial charge in [0.15, 0.2) is 0 Å². The first-order valence-electron chi connectivity index (χ1n) is 4.41. The molecule has 2 aliphatic carbocycles. The first-order valence-corrected chi connectivity index (χ1v) is 4.41. The van der Waals surface area contributed by atoms with Crippen molar-refractivity contribution in [2.24, 2.45) is 5.41 Å². The number of hydrogen-bond acceptors (Lipinski definition) is 3. The molecule has 1 saturated carbocycles. The zero-order valence-corrected chi connectivity index (χ0v) is 7.50. The Kier molecular flexibility index (Phi) is 1.44. The van der Waals surface area contributed by atoms with Crippen LogP contribution in [0, 0.1) is 16.7 Å². The molecule has 0 aromatic carbocycles. The van der Waals surface area contributed by atoms with Crippen molar-refractivity contribution in [2.45, 2.75) is 31.8 Å². The van der Waals surface area contributed by atoms with Crippen molar-refractivity contribution in [1.82, 2.24) is 0 Å². The molecular weight excluding hydrogens is 166 g/mol. The zero-order valence-electron chi connectivity index (χ0n) is 7.50. The van der Waals surface area contributed by atoms with Crippen LogP contribution in [0.3, 0.4) is 0 Å². The van der Waals surface area contributed by atoms with Crippen LogP contribution in [0.1, 0.15) is 26.2 Å². The minimum absolute atomic E-state index is 0.0801. The largest absolute Gasteiger partial charge is 0.383 e. The highest BCUT2D eigenvalue weighted by molar-refractivity contribution is 5.90. The molecule has 2 aliphatic rings. The number of aliphatic hydroxyl groups is 1. The Balaban J connectivity index is 2.51. The van der Waals surface area contributed by atoms with Crippen LogP contribution in [0.2, 0.25) is 0 Å². The molecule has 2 atom stereocenters. The minimum Gasteiger partial charge on any atom is -0.383 e. The standard InChI is InChI=1S/C10H11NO2/c1-9-4-2-7(6-11)10(9,13)5-3-8(9)12/h2,13H,3-5H2,1H3/t9-,10+/m1/s1. The number of carbonyl (C=O) groups is 1. The van der Waals surface area contributed by atoms with Gasteiger partial charge in [-0.3, -0.25) is 4.79 Å². The van der Waals surface area contributed by atoms with Crippen molar-refractivity contribution in [3.63, 3.8) is 0 Å². The van der Waals surface area contributed by atoms with Gasteiger partial charge >= 0.3 is 0 Å². The average Bonchev–Trinajstić information content (AvgIpc) is 2.48. The summed E-state index contributed by atoms with van der Waals surface area (Å²) in [6, 6.07) is 1.98. The second-order valence-corrected chi connectivity index (χ2v) is 4.05. The number of rotatable bonds is 0. The van der Waals surface area contributed by atoms with Crippen LogP contribution < -0.4 is 0 Å². The van der Waals surface area contributed by atoms with E-state index < -0.39 is 11.0 Å². The van der Waals surface area contributed by atoms with E-state index in [9.17, 15) is 9.90 Å². The third kappa shape index (κ3) is 0.744. The maximum atomic E-state index is 11.5. The Morgan fingerprint density at radius 1 is 1.69 bits per heavy atom. The van der Waals surface area contributed by atoms with Crippen LogP contribution in [0.4, 0.5) is 0 Å². The molecule has 0 bridgehead atoms. The van der Waals surface area contributed by atoms with Gasteiger partial charge in [0.1, 0.15) is 11.4 Å². The second kappa shape index (κ2) is 2.21. The summed E-state index contributed by atoms with van der Waals surface area (Å²) in [5, 5.41) is 19.0. The number of fused-ring (bicyclic) bond motifs is 1. The van der Waals surface area contributed by atoms with E-state index in [4.69, 9.17) is 5.26 Å². The quantitative estimate of drug-likeness (QED) is 0.599. The van der Waals surface area contributed by atoms with Gasteiger partial charge in [0.25, 0.3) is 0 Å². The normalized spacial score (nSPS) is 42.8. The van der Waals surface area contributed by atoms with E-state index >= 15 is 0 Å². The van der Waals surface area contributed by atoms with E-state index in [1.807, 2.05) is 6.07 Å². The lowest BCUT2D eigenvalue weighted by Gasteiger charge is -2.31. The summed E-state index contributed by atoms with van der Waals surface area (Å²) in [5.41, 5.74) is -1.52. The van der Waals surface area contributed by atoms with Gasteiger partial charge in [0.05, 0.1) is 17.1 Å².